The number of amides is 1. The maximum Gasteiger partial charge on any atom is 0.253 e. The summed E-state index contributed by atoms with van der Waals surface area (Å²) in [4.78, 5) is 21.6. The van der Waals surface area contributed by atoms with E-state index in [0.29, 0.717) is 11.5 Å². The van der Waals surface area contributed by atoms with Crippen LogP contribution in [0.4, 0.5) is 0 Å². The minimum absolute atomic E-state index is 0.0305. The average molecular weight is 271 g/mol. The highest BCUT2D eigenvalue weighted by atomic mass is 16.3. The van der Waals surface area contributed by atoms with Gasteiger partial charge in [-0.05, 0) is 37.1 Å². The van der Waals surface area contributed by atoms with Crippen molar-refractivity contribution in [1.29, 1.82) is 0 Å². The van der Waals surface area contributed by atoms with Crippen LogP contribution in [0, 0.1) is 0 Å². The van der Waals surface area contributed by atoms with Crippen molar-refractivity contribution in [1.82, 2.24) is 14.9 Å². The number of carbonyl (C=O) groups is 1. The first-order valence-electron chi connectivity index (χ1n) is 6.81. The molecule has 0 bridgehead atoms. The molecule has 5 heteroatoms. The number of imidazole rings is 1. The van der Waals surface area contributed by atoms with Gasteiger partial charge in [0, 0.05) is 37.0 Å². The van der Waals surface area contributed by atoms with Gasteiger partial charge in [0.05, 0.1) is 0 Å². The van der Waals surface area contributed by atoms with Crippen LogP contribution in [0.5, 0.6) is 5.75 Å². The molecule has 1 aromatic carbocycles. The Bertz CT molecular complexity index is 570. The second-order valence-corrected chi connectivity index (χ2v) is 5.09. The molecule has 2 heterocycles. The predicted octanol–water partition coefficient (Wildman–Crippen LogP) is 2.14. The van der Waals surface area contributed by atoms with Crippen molar-refractivity contribution in [3.8, 4) is 5.75 Å². The fourth-order valence-electron chi connectivity index (χ4n) is 2.64. The molecule has 5 nitrogen and oxygen atoms in total. The van der Waals surface area contributed by atoms with Gasteiger partial charge in [0.1, 0.15) is 11.6 Å². The molecule has 1 aliphatic heterocycles. The van der Waals surface area contributed by atoms with Crippen LogP contribution in [-0.4, -0.2) is 39.0 Å². The SMILES string of the molecule is O=C(c1ccc(O)cc1)N1CCC(c2ncc[nH]2)CC1. The molecular weight excluding hydrogens is 254 g/mol. The molecule has 1 amide bonds. The van der Waals surface area contributed by atoms with E-state index in [1.807, 2.05) is 11.1 Å². The van der Waals surface area contributed by atoms with Gasteiger partial charge in [-0.25, -0.2) is 4.98 Å². The minimum atomic E-state index is 0.0305. The van der Waals surface area contributed by atoms with Gasteiger partial charge < -0.3 is 15.0 Å². The van der Waals surface area contributed by atoms with Crippen LogP contribution in [0.1, 0.15) is 34.9 Å². The van der Waals surface area contributed by atoms with Crippen LogP contribution in [-0.2, 0) is 0 Å². The number of aromatic amines is 1. The zero-order chi connectivity index (χ0) is 13.9. The lowest BCUT2D eigenvalue weighted by molar-refractivity contribution is 0.0711. The number of hydrogen-bond acceptors (Lipinski definition) is 3. The van der Waals surface area contributed by atoms with E-state index >= 15 is 0 Å². The Labute approximate surface area is 117 Å². The van der Waals surface area contributed by atoms with Crippen molar-refractivity contribution >= 4 is 5.91 Å². The number of nitrogens with one attached hydrogen (secondary N) is 1. The number of aromatic nitrogens is 2. The molecule has 1 aliphatic rings. The van der Waals surface area contributed by atoms with Gasteiger partial charge in [0.15, 0.2) is 0 Å². The van der Waals surface area contributed by atoms with Gasteiger partial charge in [0.2, 0.25) is 0 Å². The Balaban J connectivity index is 1.63. The third-order valence-corrected chi connectivity index (χ3v) is 3.80. The lowest BCUT2D eigenvalue weighted by Crippen LogP contribution is -2.38. The molecule has 0 aliphatic carbocycles. The maximum absolute atomic E-state index is 12.3. The Morgan fingerprint density at radius 3 is 2.55 bits per heavy atom. The zero-order valence-electron chi connectivity index (χ0n) is 11.1. The molecule has 3 rings (SSSR count). The van der Waals surface area contributed by atoms with Crippen LogP contribution in [0.2, 0.25) is 0 Å². The fraction of sp³-hybridized carbons (Fsp3) is 0.333. The number of rotatable bonds is 2. The number of likely N-dealkylation sites (tertiary alicyclic amines) is 1. The Hall–Kier alpha value is -2.30. The summed E-state index contributed by atoms with van der Waals surface area (Å²) in [5.74, 6) is 1.64. The molecular formula is C15H17N3O2. The zero-order valence-corrected chi connectivity index (χ0v) is 11.1. The summed E-state index contributed by atoms with van der Waals surface area (Å²) in [6.07, 6.45) is 5.46. The average Bonchev–Trinajstić information content (AvgIpc) is 3.02. The summed E-state index contributed by atoms with van der Waals surface area (Å²) in [7, 11) is 0. The normalized spacial score (nSPS) is 16.3. The molecule has 0 radical (unpaired) electrons. The topological polar surface area (TPSA) is 69.2 Å². The standard InChI is InChI=1S/C15H17N3O2/c19-13-3-1-12(2-4-13)15(20)18-9-5-11(6-10-18)14-16-7-8-17-14/h1-4,7-8,11,19H,5-6,9-10H2,(H,16,17). The van der Waals surface area contributed by atoms with Crippen LogP contribution < -0.4 is 0 Å². The first kappa shape index (κ1) is 12.7. The molecule has 0 spiro atoms. The summed E-state index contributed by atoms with van der Waals surface area (Å²) in [5, 5.41) is 9.25. The molecule has 1 aromatic heterocycles. The monoisotopic (exact) mass is 271 g/mol. The largest absolute Gasteiger partial charge is 0.508 e. The number of H-pyrrole nitrogens is 1. The number of phenolic OH excluding ortho intramolecular Hbond substituents is 1. The lowest BCUT2D eigenvalue weighted by Gasteiger charge is -2.31. The van der Waals surface area contributed by atoms with Gasteiger partial charge in [-0.15, -0.1) is 0 Å². The Kier molecular flexibility index (Phi) is 3.41. The smallest absolute Gasteiger partial charge is 0.253 e. The molecule has 2 N–H and O–H groups in total. The van der Waals surface area contributed by atoms with E-state index in [1.54, 1.807) is 30.5 Å². The molecule has 0 saturated carbocycles. The van der Waals surface area contributed by atoms with Crippen LogP contribution in [0.25, 0.3) is 0 Å². The van der Waals surface area contributed by atoms with Crippen molar-refractivity contribution < 1.29 is 9.90 Å². The molecule has 0 atom stereocenters. The summed E-state index contributed by atoms with van der Waals surface area (Å²) >= 11 is 0. The van der Waals surface area contributed by atoms with Gasteiger partial charge in [-0.3, -0.25) is 4.79 Å². The first-order valence-corrected chi connectivity index (χ1v) is 6.81. The van der Waals surface area contributed by atoms with Crippen molar-refractivity contribution in [3.05, 3.63) is 48.0 Å². The van der Waals surface area contributed by atoms with Crippen molar-refractivity contribution in [2.75, 3.05) is 13.1 Å². The summed E-state index contributed by atoms with van der Waals surface area (Å²) < 4.78 is 0. The van der Waals surface area contributed by atoms with E-state index in [0.717, 1.165) is 31.8 Å². The van der Waals surface area contributed by atoms with Crippen molar-refractivity contribution in [3.63, 3.8) is 0 Å². The summed E-state index contributed by atoms with van der Waals surface area (Å²) in [6, 6.07) is 6.41. The number of phenols is 1. The summed E-state index contributed by atoms with van der Waals surface area (Å²) in [6.45, 7) is 1.48. The highest BCUT2D eigenvalue weighted by Crippen LogP contribution is 2.26. The quantitative estimate of drug-likeness (QED) is 0.879. The Morgan fingerprint density at radius 2 is 1.95 bits per heavy atom. The number of piperidine rings is 1. The number of hydrogen-bond donors (Lipinski definition) is 2. The van der Waals surface area contributed by atoms with E-state index in [2.05, 4.69) is 9.97 Å². The molecule has 1 fully saturated rings. The van der Waals surface area contributed by atoms with Gasteiger partial charge >= 0.3 is 0 Å². The lowest BCUT2D eigenvalue weighted by atomic mass is 9.95. The van der Waals surface area contributed by atoms with E-state index in [-0.39, 0.29) is 11.7 Å². The second kappa shape index (κ2) is 5.36. The van der Waals surface area contributed by atoms with E-state index < -0.39 is 0 Å². The van der Waals surface area contributed by atoms with E-state index in [9.17, 15) is 9.90 Å². The molecule has 2 aromatic rings. The fourth-order valence-corrected chi connectivity index (χ4v) is 2.64. The number of nitrogens with zero attached hydrogens (tertiary/aromatic N) is 2. The third-order valence-electron chi connectivity index (χ3n) is 3.80. The highest BCUT2D eigenvalue weighted by molar-refractivity contribution is 5.94. The van der Waals surface area contributed by atoms with Gasteiger partial charge in [-0.1, -0.05) is 0 Å². The number of benzene rings is 1. The van der Waals surface area contributed by atoms with Crippen LogP contribution in [0.3, 0.4) is 0 Å². The Morgan fingerprint density at radius 1 is 1.25 bits per heavy atom. The van der Waals surface area contributed by atoms with Gasteiger partial charge in [-0.2, -0.15) is 0 Å². The second-order valence-electron chi connectivity index (χ2n) is 5.09. The minimum Gasteiger partial charge on any atom is -0.508 e. The van der Waals surface area contributed by atoms with E-state index in [1.165, 1.54) is 0 Å². The highest BCUT2D eigenvalue weighted by Gasteiger charge is 2.25. The van der Waals surface area contributed by atoms with Gasteiger partial charge in [0.25, 0.3) is 5.91 Å². The summed E-state index contributed by atoms with van der Waals surface area (Å²) in [5.41, 5.74) is 0.624. The van der Waals surface area contributed by atoms with E-state index in [4.69, 9.17) is 0 Å². The van der Waals surface area contributed by atoms with Crippen molar-refractivity contribution in [2.24, 2.45) is 0 Å². The molecule has 104 valence electrons. The number of carbonyl (C=O) groups excluding carboxylic acids is 1. The van der Waals surface area contributed by atoms with Crippen molar-refractivity contribution in [2.45, 2.75) is 18.8 Å². The third kappa shape index (κ3) is 2.52. The first-order chi connectivity index (χ1) is 9.74. The molecule has 20 heavy (non-hydrogen) atoms. The van der Waals surface area contributed by atoms with Crippen LogP contribution in [0.15, 0.2) is 36.7 Å². The molecule has 1 saturated heterocycles. The predicted molar refractivity (Wildman–Crippen MR) is 74.6 cm³/mol. The molecule has 0 unspecified atom stereocenters. The number of aromatic hydroxyl groups is 1. The van der Waals surface area contributed by atoms with Crippen LogP contribution >= 0.6 is 0 Å². The maximum atomic E-state index is 12.3.